The van der Waals surface area contributed by atoms with E-state index < -0.39 is 0 Å². The van der Waals surface area contributed by atoms with Crippen molar-refractivity contribution in [1.82, 2.24) is 10.6 Å². The van der Waals surface area contributed by atoms with Crippen LogP contribution in [0.2, 0.25) is 0 Å². The van der Waals surface area contributed by atoms with Gasteiger partial charge >= 0.3 is 0 Å². The van der Waals surface area contributed by atoms with Crippen LogP contribution in [-0.4, -0.2) is 32.3 Å². The second-order valence-electron chi connectivity index (χ2n) is 2.61. The fourth-order valence-corrected chi connectivity index (χ4v) is 0.781. The Hall–Kier alpha value is -0.800. The lowest BCUT2D eigenvalue weighted by Gasteiger charge is -2.08. The van der Waals surface area contributed by atoms with E-state index in [1.807, 2.05) is 0 Å². The van der Waals surface area contributed by atoms with Crippen molar-refractivity contribution in [2.75, 3.05) is 20.3 Å². The van der Waals surface area contributed by atoms with E-state index in [-0.39, 0.29) is 6.67 Å². The Morgan fingerprint density at radius 2 is 2.36 bits per heavy atom. The molecule has 1 saturated carbocycles. The molecule has 0 bridgehead atoms. The first-order valence-corrected chi connectivity index (χ1v) is 3.90. The Kier molecular flexibility index (Phi) is 3.14. The van der Waals surface area contributed by atoms with Gasteiger partial charge in [0.25, 0.3) is 0 Å². The Balaban J connectivity index is 2.13. The maximum atomic E-state index is 11.7. The molecule has 0 unspecified atom stereocenters. The Morgan fingerprint density at radius 1 is 1.64 bits per heavy atom. The third-order valence-electron chi connectivity index (χ3n) is 1.53. The normalized spacial score (nSPS) is 18.2. The standard InChI is InChI=1S/C7H14FN3/c1-9-7(10-5-4-8)11-6-2-3-6/h6H,2-5H2,1H3,(H2,9,10,11). The molecule has 11 heavy (non-hydrogen) atoms. The highest BCUT2D eigenvalue weighted by atomic mass is 19.1. The van der Waals surface area contributed by atoms with E-state index in [1.165, 1.54) is 12.8 Å². The van der Waals surface area contributed by atoms with Crippen molar-refractivity contribution in [3.8, 4) is 0 Å². The molecule has 3 nitrogen and oxygen atoms in total. The van der Waals surface area contributed by atoms with Crippen LogP contribution in [0.4, 0.5) is 4.39 Å². The van der Waals surface area contributed by atoms with Gasteiger partial charge in [0.15, 0.2) is 5.96 Å². The highest BCUT2D eigenvalue weighted by molar-refractivity contribution is 5.80. The second kappa shape index (κ2) is 4.16. The van der Waals surface area contributed by atoms with Crippen molar-refractivity contribution in [1.29, 1.82) is 0 Å². The van der Waals surface area contributed by atoms with E-state index in [2.05, 4.69) is 15.6 Å². The fourth-order valence-electron chi connectivity index (χ4n) is 0.781. The molecule has 0 spiro atoms. The van der Waals surface area contributed by atoms with E-state index in [4.69, 9.17) is 0 Å². The molecule has 0 aromatic heterocycles. The van der Waals surface area contributed by atoms with Crippen LogP contribution in [0.3, 0.4) is 0 Å². The fraction of sp³-hybridized carbons (Fsp3) is 0.857. The number of aliphatic imine (C=N–C) groups is 1. The van der Waals surface area contributed by atoms with E-state index >= 15 is 0 Å². The lowest BCUT2D eigenvalue weighted by atomic mass is 10.6. The number of hydrogen-bond donors (Lipinski definition) is 2. The summed E-state index contributed by atoms with van der Waals surface area (Å²) in [6, 6.07) is 0.570. The molecule has 0 saturated heterocycles. The molecule has 0 atom stereocenters. The first-order chi connectivity index (χ1) is 5.36. The van der Waals surface area contributed by atoms with Crippen molar-refractivity contribution in [2.45, 2.75) is 18.9 Å². The van der Waals surface area contributed by atoms with Crippen molar-refractivity contribution >= 4 is 5.96 Å². The van der Waals surface area contributed by atoms with Gasteiger partial charge in [0.2, 0.25) is 0 Å². The molecule has 4 heteroatoms. The summed E-state index contributed by atoms with van der Waals surface area (Å²) in [5, 5.41) is 6.00. The van der Waals surface area contributed by atoms with E-state index in [0.29, 0.717) is 18.5 Å². The van der Waals surface area contributed by atoms with Crippen LogP contribution < -0.4 is 10.6 Å². The molecule has 0 aromatic carbocycles. The van der Waals surface area contributed by atoms with Gasteiger partial charge in [0.05, 0.1) is 0 Å². The van der Waals surface area contributed by atoms with Crippen LogP contribution >= 0.6 is 0 Å². The van der Waals surface area contributed by atoms with Crippen molar-refractivity contribution < 1.29 is 4.39 Å². The lowest BCUT2D eigenvalue weighted by molar-refractivity contribution is 0.489. The lowest BCUT2D eigenvalue weighted by Crippen LogP contribution is -2.39. The first kappa shape index (κ1) is 8.30. The zero-order chi connectivity index (χ0) is 8.10. The summed E-state index contributed by atoms with van der Waals surface area (Å²) in [6.07, 6.45) is 2.41. The van der Waals surface area contributed by atoms with Gasteiger partial charge in [-0.1, -0.05) is 0 Å². The Morgan fingerprint density at radius 3 is 2.82 bits per heavy atom. The molecular formula is C7H14FN3. The number of nitrogens with zero attached hydrogens (tertiary/aromatic N) is 1. The average molecular weight is 159 g/mol. The van der Waals surface area contributed by atoms with Crippen molar-refractivity contribution in [3.63, 3.8) is 0 Å². The SMILES string of the molecule is CN=C(NCCF)NC1CC1. The maximum Gasteiger partial charge on any atom is 0.191 e. The van der Waals surface area contributed by atoms with E-state index in [9.17, 15) is 4.39 Å². The van der Waals surface area contributed by atoms with Crippen molar-refractivity contribution in [2.24, 2.45) is 4.99 Å². The highest BCUT2D eigenvalue weighted by Gasteiger charge is 2.21. The van der Waals surface area contributed by atoms with E-state index in [0.717, 1.165) is 0 Å². The highest BCUT2D eigenvalue weighted by Crippen LogP contribution is 2.18. The molecule has 2 N–H and O–H groups in total. The Bertz CT molecular complexity index is 143. The van der Waals surface area contributed by atoms with Crippen LogP contribution in [0.15, 0.2) is 4.99 Å². The molecule has 1 aliphatic rings. The molecule has 0 amide bonds. The predicted molar refractivity (Wildman–Crippen MR) is 43.5 cm³/mol. The minimum Gasteiger partial charge on any atom is -0.354 e. The molecule has 0 heterocycles. The number of halogens is 1. The summed E-state index contributed by atoms with van der Waals surface area (Å²) in [5.74, 6) is 0.713. The van der Waals surface area contributed by atoms with Gasteiger partial charge in [0.1, 0.15) is 6.67 Å². The van der Waals surface area contributed by atoms with Gasteiger partial charge in [-0.25, -0.2) is 4.39 Å². The van der Waals surface area contributed by atoms with Gasteiger partial charge in [-0.3, -0.25) is 4.99 Å². The third-order valence-corrected chi connectivity index (χ3v) is 1.53. The number of rotatable bonds is 3. The summed E-state index contributed by atoms with van der Waals surface area (Å²) >= 11 is 0. The van der Waals surface area contributed by atoms with Crippen LogP contribution in [0.25, 0.3) is 0 Å². The summed E-state index contributed by atoms with van der Waals surface area (Å²) in [7, 11) is 1.69. The predicted octanol–water partition coefficient (Wildman–Crippen LogP) is 0.283. The smallest absolute Gasteiger partial charge is 0.191 e. The number of hydrogen-bond acceptors (Lipinski definition) is 1. The molecular weight excluding hydrogens is 145 g/mol. The number of guanidine groups is 1. The van der Waals surface area contributed by atoms with Gasteiger partial charge in [-0.2, -0.15) is 0 Å². The number of alkyl halides is 1. The summed E-state index contributed by atoms with van der Waals surface area (Å²) in [4.78, 5) is 3.93. The monoisotopic (exact) mass is 159 g/mol. The maximum absolute atomic E-state index is 11.7. The van der Waals surface area contributed by atoms with Gasteiger partial charge in [-0.05, 0) is 12.8 Å². The zero-order valence-corrected chi connectivity index (χ0v) is 6.73. The number of nitrogens with one attached hydrogen (secondary N) is 2. The summed E-state index contributed by atoms with van der Waals surface area (Å²) in [6.45, 7) is -0.0161. The van der Waals surface area contributed by atoms with Gasteiger partial charge in [0, 0.05) is 19.6 Å². The molecule has 1 rings (SSSR count). The van der Waals surface area contributed by atoms with E-state index in [1.54, 1.807) is 7.05 Å². The van der Waals surface area contributed by atoms with Gasteiger partial charge in [-0.15, -0.1) is 0 Å². The van der Waals surface area contributed by atoms with Crippen LogP contribution in [0.5, 0.6) is 0 Å². The average Bonchev–Trinajstić information content (AvgIpc) is 2.81. The molecule has 1 fully saturated rings. The zero-order valence-electron chi connectivity index (χ0n) is 6.73. The van der Waals surface area contributed by atoms with Crippen LogP contribution in [0, 0.1) is 0 Å². The Labute approximate surface area is 66.1 Å². The van der Waals surface area contributed by atoms with Crippen molar-refractivity contribution in [3.05, 3.63) is 0 Å². The first-order valence-electron chi connectivity index (χ1n) is 3.90. The topological polar surface area (TPSA) is 36.4 Å². The molecule has 64 valence electrons. The molecule has 0 aliphatic heterocycles. The summed E-state index contributed by atoms with van der Waals surface area (Å²) < 4.78 is 11.7. The molecule has 0 aromatic rings. The second-order valence-corrected chi connectivity index (χ2v) is 2.61. The molecule has 1 aliphatic carbocycles. The largest absolute Gasteiger partial charge is 0.354 e. The third kappa shape index (κ3) is 3.20. The quantitative estimate of drug-likeness (QED) is 0.458. The van der Waals surface area contributed by atoms with Crippen LogP contribution in [0.1, 0.15) is 12.8 Å². The minimum atomic E-state index is -0.356. The van der Waals surface area contributed by atoms with Crippen LogP contribution in [-0.2, 0) is 0 Å². The minimum absolute atomic E-state index is 0.340. The molecule has 0 radical (unpaired) electrons. The summed E-state index contributed by atoms with van der Waals surface area (Å²) in [5.41, 5.74) is 0. The van der Waals surface area contributed by atoms with Gasteiger partial charge < -0.3 is 10.6 Å².